The van der Waals surface area contributed by atoms with Crippen LogP contribution in [0.15, 0.2) is 18.2 Å². The SMILES string of the molecule is CCNc1ccc(C(=O)NC(C2CC2)C2CC2)cc1C. The van der Waals surface area contributed by atoms with Gasteiger partial charge in [0.1, 0.15) is 0 Å². The molecule has 0 aromatic heterocycles. The summed E-state index contributed by atoms with van der Waals surface area (Å²) in [5.74, 6) is 1.59. The highest BCUT2D eigenvalue weighted by atomic mass is 16.1. The van der Waals surface area contributed by atoms with Crippen LogP contribution in [0.3, 0.4) is 0 Å². The highest BCUT2D eigenvalue weighted by molar-refractivity contribution is 5.95. The first-order chi connectivity index (χ1) is 9.69. The highest BCUT2D eigenvalue weighted by Gasteiger charge is 2.42. The van der Waals surface area contributed by atoms with Crippen molar-refractivity contribution in [2.24, 2.45) is 11.8 Å². The summed E-state index contributed by atoms with van der Waals surface area (Å²) in [6, 6.07) is 6.36. The smallest absolute Gasteiger partial charge is 0.251 e. The van der Waals surface area contributed by atoms with E-state index < -0.39 is 0 Å². The van der Waals surface area contributed by atoms with Crippen LogP contribution in [0.1, 0.15) is 48.5 Å². The second-order valence-electron chi connectivity index (χ2n) is 6.23. The second kappa shape index (κ2) is 5.47. The molecule has 0 saturated heterocycles. The van der Waals surface area contributed by atoms with Gasteiger partial charge in [0.2, 0.25) is 0 Å². The third kappa shape index (κ3) is 2.97. The van der Waals surface area contributed by atoms with E-state index in [-0.39, 0.29) is 5.91 Å². The Kier molecular flexibility index (Phi) is 3.68. The predicted molar refractivity (Wildman–Crippen MR) is 82.0 cm³/mol. The lowest BCUT2D eigenvalue weighted by atomic mass is 10.1. The molecule has 0 heterocycles. The Morgan fingerprint density at radius 3 is 2.40 bits per heavy atom. The molecule has 2 saturated carbocycles. The fourth-order valence-electron chi connectivity index (χ4n) is 2.96. The van der Waals surface area contributed by atoms with E-state index in [1.54, 1.807) is 0 Å². The molecule has 0 spiro atoms. The van der Waals surface area contributed by atoms with Crippen molar-refractivity contribution in [2.75, 3.05) is 11.9 Å². The number of benzene rings is 1. The van der Waals surface area contributed by atoms with Gasteiger partial charge in [0.15, 0.2) is 0 Å². The number of nitrogens with one attached hydrogen (secondary N) is 2. The number of amides is 1. The Morgan fingerprint density at radius 2 is 1.90 bits per heavy atom. The molecule has 108 valence electrons. The van der Waals surface area contributed by atoms with Crippen molar-refractivity contribution in [2.45, 2.75) is 45.6 Å². The van der Waals surface area contributed by atoms with Gasteiger partial charge in [-0.2, -0.15) is 0 Å². The summed E-state index contributed by atoms with van der Waals surface area (Å²) in [7, 11) is 0. The summed E-state index contributed by atoms with van der Waals surface area (Å²) in [6.07, 6.45) is 5.17. The average Bonchev–Trinajstić information content (AvgIpc) is 3.29. The molecular weight excluding hydrogens is 248 g/mol. The van der Waals surface area contributed by atoms with Crippen molar-refractivity contribution in [1.82, 2.24) is 5.32 Å². The fraction of sp³-hybridized carbons (Fsp3) is 0.588. The average molecular weight is 272 g/mol. The van der Waals surface area contributed by atoms with Crippen molar-refractivity contribution in [3.63, 3.8) is 0 Å². The Labute approximate surface area is 121 Å². The zero-order valence-corrected chi connectivity index (χ0v) is 12.4. The van der Waals surface area contributed by atoms with Crippen molar-refractivity contribution in [1.29, 1.82) is 0 Å². The number of hydrogen-bond acceptors (Lipinski definition) is 2. The maximum absolute atomic E-state index is 12.4. The minimum Gasteiger partial charge on any atom is -0.385 e. The first-order valence-electron chi connectivity index (χ1n) is 7.84. The van der Waals surface area contributed by atoms with Crippen LogP contribution in [0.2, 0.25) is 0 Å². The van der Waals surface area contributed by atoms with Gasteiger partial charge in [0, 0.05) is 23.8 Å². The lowest BCUT2D eigenvalue weighted by Gasteiger charge is -2.18. The van der Waals surface area contributed by atoms with Crippen molar-refractivity contribution >= 4 is 11.6 Å². The van der Waals surface area contributed by atoms with Gasteiger partial charge in [0.05, 0.1) is 0 Å². The Bertz CT molecular complexity index is 492. The van der Waals surface area contributed by atoms with Crippen LogP contribution in [-0.4, -0.2) is 18.5 Å². The molecule has 0 aliphatic heterocycles. The quantitative estimate of drug-likeness (QED) is 0.834. The van der Waals surface area contributed by atoms with Crippen LogP contribution in [0, 0.1) is 18.8 Å². The van der Waals surface area contributed by atoms with E-state index >= 15 is 0 Å². The molecule has 1 amide bonds. The number of anilines is 1. The van der Waals surface area contributed by atoms with Crippen LogP contribution in [-0.2, 0) is 0 Å². The van der Waals surface area contributed by atoms with E-state index in [0.717, 1.165) is 35.2 Å². The summed E-state index contributed by atoms with van der Waals surface area (Å²) < 4.78 is 0. The molecule has 2 fully saturated rings. The van der Waals surface area contributed by atoms with E-state index in [2.05, 4.69) is 17.6 Å². The maximum Gasteiger partial charge on any atom is 0.251 e. The summed E-state index contributed by atoms with van der Waals surface area (Å²) >= 11 is 0. The molecular formula is C17H24N2O. The summed E-state index contributed by atoms with van der Waals surface area (Å²) in [6.45, 7) is 5.03. The van der Waals surface area contributed by atoms with E-state index in [4.69, 9.17) is 0 Å². The summed E-state index contributed by atoms with van der Waals surface area (Å²) in [5.41, 5.74) is 3.04. The second-order valence-corrected chi connectivity index (χ2v) is 6.23. The number of rotatable bonds is 6. The minimum absolute atomic E-state index is 0.0972. The molecule has 0 unspecified atom stereocenters. The standard InChI is InChI=1S/C17H24N2O/c1-3-18-15-9-8-14(10-11(15)2)17(20)19-16(12-4-5-12)13-6-7-13/h8-10,12-13,16,18H,3-7H2,1-2H3,(H,19,20). The molecule has 2 aliphatic carbocycles. The summed E-state index contributed by atoms with van der Waals surface area (Å²) in [4.78, 5) is 12.4. The molecule has 1 aromatic rings. The van der Waals surface area contributed by atoms with E-state index in [9.17, 15) is 4.79 Å². The lowest BCUT2D eigenvalue weighted by molar-refractivity contribution is 0.0926. The normalized spacial score (nSPS) is 18.1. The molecule has 0 radical (unpaired) electrons. The lowest BCUT2D eigenvalue weighted by Crippen LogP contribution is -2.38. The topological polar surface area (TPSA) is 41.1 Å². The number of carbonyl (C=O) groups is 1. The van der Waals surface area contributed by atoms with Gasteiger partial charge in [-0.1, -0.05) is 0 Å². The third-order valence-corrected chi connectivity index (χ3v) is 4.41. The van der Waals surface area contributed by atoms with Crippen molar-refractivity contribution in [3.05, 3.63) is 29.3 Å². The monoisotopic (exact) mass is 272 g/mol. The van der Waals surface area contributed by atoms with E-state index in [1.807, 2.05) is 25.1 Å². The molecule has 3 heteroatoms. The Balaban J connectivity index is 1.68. The zero-order valence-electron chi connectivity index (χ0n) is 12.4. The van der Waals surface area contributed by atoms with Gasteiger partial charge in [0.25, 0.3) is 5.91 Å². The Morgan fingerprint density at radius 1 is 1.25 bits per heavy atom. The summed E-state index contributed by atoms with van der Waals surface area (Å²) in [5, 5.41) is 6.58. The van der Waals surface area contributed by atoms with Crippen LogP contribution < -0.4 is 10.6 Å². The van der Waals surface area contributed by atoms with E-state index in [0.29, 0.717) is 6.04 Å². The molecule has 0 bridgehead atoms. The molecule has 3 nitrogen and oxygen atoms in total. The number of aryl methyl sites for hydroxylation is 1. The Hall–Kier alpha value is -1.51. The van der Waals surface area contributed by atoms with Gasteiger partial charge >= 0.3 is 0 Å². The third-order valence-electron chi connectivity index (χ3n) is 4.41. The largest absolute Gasteiger partial charge is 0.385 e. The predicted octanol–water partition coefficient (Wildman–Crippen LogP) is 3.35. The molecule has 20 heavy (non-hydrogen) atoms. The zero-order chi connectivity index (χ0) is 14.1. The van der Waals surface area contributed by atoms with Gasteiger partial charge < -0.3 is 10.6 Å². The number of hydrogen-bond donors (Lipinski definition) is 2. The van der Waals surface area contributed by atoms with Gasteiger partial charge in [-0.05, 0) is 75.1 Å². The highest BCUT2D eigenvalue weighted by Crippen LogP contribution is 2.44. The fourth-order valence-corrected chi connectivity index (χ4v) is 2.96. The van der Waals surface area contributed by atoms with E-state index in [1.165, 1.54) is 25.7 Å². The van der Waals surface area contributed by atoms with Crippen LogP contribution in [0.25, 0.3) is 0 Å². The molecule has 2 N–H and O–H groups in total. The number of carbonyl (C=O) groups excluding carboxylic acids is 1. The molecule has 1 aromatic carbocycles. The van der Waals surface area contributed by atoms with Crippen molar-refractivity contribution < 1.29 is 4.79 Å². The minimum atomic E-state index is 0.0972. The van der Waals surface area contributed by atoms with Crippen LogP contribution in [0.5, 0.6) is 0 Å². The molecule has 2 aliphatic rings. The van der Waals surface area contributed by atoms with Crippen molar-refractivity contribution in [3.8, 4) is 0 Å². The molecule has 0 atom stereocenters. The van der Waals surface area contributed by atoms with Crippen LogP contribution >= 0.6 is 0 Å². The maximum atomic E-state index is 12.4. The van der Waals surface area contributed by atoms with Crippen LogP contribution in [0.4, 0.5) is 5.69 Å². The first kappa shape index (κ1) is 13.5. The van der Waals surface area contributed by atoms with Gasteiger partial charge in [-0.3, -0.25) is 4.79 Å². The molecule has 3 rings (SSSR count). The van der Waals surface area contributed by atoms with Gasteiger partial charge in [-0.15, -0.1) is 0 Å². The first-order valence-corrected chi connectivity index (χ1v) is 7.84. The van der Waals surface area contributed by atoms with Gasteiger partial charge in [-0.25, -0.2) is 0 Å².